The molecule has 0 bridgehead atoms. The monoisotopic (exact) mass is 322 g/mol. The lowest BCUT2D eigenvalue weighted by Crippen LogP contribution is -2.22. The van der Waals surface area contributed by atoms with Crippen LogP contribution in [0.4, 0.5) is 0 Å². The Bertz CT molecular complexity index is 660. The minimum absolute atomic E-state index is 0.0195. The molecular weight excluding hydrogens is 300 g/mol. The first-order valence-electron chi connectivity index (χ1n) is 8.15. The van der Waals surface area contributed by atoms with Crippen molar-refractivity contribution in [3.8, 4) is 6.07 Å². The molecule has 24 heavy (non-hydrogen) atoms. The topological polar surface area (TPSA) is 62.1 Å². The number of hydrogen-bond donors (Lipinski definition) is 1. The predicted octanol–water partition coefficient (Wildman–Crippen LogP) is 3.21. The molecule has 1 N–H and O–H groups in total. The summed E-state index contributed by atoms with van der Waals surface area (Å²) < 4.78 is 5.57. The van der Waals surface area contributed by atoms with Crippen molar-refractivity contribution in [1.29, 1.82) is 5.26 Å². The maximum Gasteiger partial charge on any atom is 0.220 e. The van der Waals surface area contributed by atoms with Gasteiger partial charge in [-0.15, -0.1) is 0 Å². The Morgan fingerprint density at radius 3 is 2.46 bits per heavy atom. The van der Waals surface area contributed by atoms with Crippen LogP contribution in [0.2, 0.25) is 0 Å². The number of benzene rings is 2. The van der Waals surface area contributed by atoms with Crippen LogP contribution in [0, 0.1) is 11.3 Å². The number of amides is 1. The molecule has 0 aliphatic rings. The summed E-state index contributed by atoms with van der Waals surface area (Å²) in [7, 11) is 0. The number of hydrogen-bond acceptors (Lipinski definition) is 3. The number of carbonyl (C=O) groups excluding carboxylic acids is 1. The lowest BCUT2D eigenvalue weighted by molar-refractivity contribution is -0.121. The number of carbonyl (C=O) groups is 1. The number of ether oxygens (including phenoxy) is 1. The van der Waals surface area contributed by atoms with Gasteiger partial charge in [-0.25, -0.2) is 0 Å². The fourth-order valence-corrected chi connectivity index (χ4v) is 2.26. The van der Waals surface area contributed by atoms with Crippen LogP contribution in [-0.2, 0) is 22.5 Å². The van der Waals surface area contributed by atoms with Crippen LogP contribution in [0.1, 0.15) is 29.5 Å². The van der Waals surface area contributed by atoms with Crippen molar-refractivity contribution in [2.24, 2.45) is 0 Å². The molecule has 0 unspecified atom stereocenters. The smallest absolute Gasteiger partial charge is 0.220 e. The molecule has 0 aliphatic heterocycles. The molecule has 0 heterocycles. The average molecular weight is 322 g/mol. The maximum atomic E-state index is 11.8. The molecular formula is C20H22N2O2. The SMILES string of the molecule is N#Cc1ccc(CNC(=O)CCCOCCc2ccccc2)cc1. The zero-order valence-electron chi connectivity index (χ0n) is 13.7. The zero-order chi connectivity index (χ0) is 17.0. The Hall–Kier alpha value is -2.64. The van der Waals surface area contributed by atoms with E-state index in [0.717, 1.165) is 12.0 Å². The Kier molecular flexibility index (Phi) is 7.52. The van der Waals surface area contributed by atoms with Crippen LogP contribution in [0.25, 0.3) is 0 Å². The molecule has 0 aromatic heterocycles. The lowest BCUT2D eigenvalue weighted by atomic mass is 10.1. The Morgan fingerprint density at radius 2 is 1.75 bits per heavy atom. The summed E-state index contributed by atoms with van der Waals surface area (Å²) in [5, 5.41) is 11.6. The molecule has 0 aliphatic carbocycles. The third-order valence-corrected chi connectivity index (χ3v) is 3.64. The highest BCUT2D eigenvalue weighted by Gasteiger charge is 2.02. The number of nitrogens with zero attached hydrogens (tertiary/aromatic N) is 1. The van der Waals surface area contributed by atoms with E-state index in [1.54, 1.807) is 12.1 Å². The number of nitrogens with one attached hydrogen (secondary N) is 1. The van der Waals surface area contributed by atoms with Gasteiger partial charge >= 0.3 is 0 Å². The molecule has 1 amide bonds. The molecule has 0 fully saturated rings. The van der Waals surface area contributed by atoms with Crippen molar-refractivity contribution < 1.29 is 9.53 Å². The average Bonchev–Trinajstić information content (AvgIpc) is 2.64. The lowest BCUT2D eigenvalue weighted by Gasteiger charge is -2.06. The summed E-state index contributed by atoms with van der Waals surface area (Å²) >= 11 is 0. The van der Waals surface area contributed by atoms with Gasteiger partial charge in [-0.2, -0.15) is 5.26 Å². The van der Waals surface area contributed by atoms with Gasteiger partial charge in [0.25, 0.3) is 0 Å². The minimum atomic E-state index is 0.0195. The molecule has 0 atom stereocenters. The van der Waals surface area contributed by atoms with Gasteiger partial charge in [-0.3, -0.25) is 4.79 Å². The van der Waals surface area contributed by atoms with E-state index in [4.69, 9.17) is 10.00 Å². The Labute approximate surface area is 143 Å². The highest BCUT2D eigenvalue weighted by Crippen LogP contribution is 2.03. The summed E-state index contributed by atoms with van der Waals surface area (Å²) in [6, 6.07) is 19.5. The van der Waals surface area contributed by atoms with Crippen molar-refractivity contribution in [3.05, 3.63) is 71.3 Å². The first-order valence-corrected chi connectivity index (χ1v) is 8.15. The van der Waals surface area contributed by atoms with Crippen molar-refractivity contribution >= 4 is 5.91 Å². The quantitative estimate of drug-likeness (QED) is 0.721. The van der Waals surface area contributed by atoms with Gasteiger partial charge < -0.3 is 10.1 Å². The molecule has 4 nitrogen and oxygen atoms in total. The van der Waals surface area contributed by atoms with E-state index in [-0.39, 0.29) is 5.91 Å². The van der Waals surface area contributed by atoms with Crippen LogP contribution >= 0.6 is 0 Å². The highest BCUT2D eigenvalue weighted by molar-refractivity contribution is 5.75. The third kappa shape index (κ3) is 6.64. The first kappa shape index (κ1) is 17.7. The summed E-state index contributed by atoms with van der Waals surface area (Å²) in [6.45, 7) is 1.76. The summed E-state index contributed by atoms with van der Waals surface area (Å²) in [5.41, 5.74) is 2.87. The predicted molar refractivity (Wildman–Crippen MR) is 93.2 cm³/mol. The minimum Gasteiger partial charge on any atom is -0.381 e. The molecule has 0 spiro atoms. The molecule has 0 saturated carbocycles. The van der Waals surface area contributed by atoms with Crippen LogP contribution in [0.5, 0.6) is 0 Å². The molecule has 0 radical (unpaired) electrons. The second-order valence-corrected chi connectivity index (χ2v) is 5.54. The van der Waals surface area contributed by atoms with E-state index in [1.807, 2.05) is 30.3 Å². The fraction of sp³-hybridized carbons (Fsp3) is 0.300. The third-order valence-electron chi connectivity index (χ3n) is 3.64. The van der Waals surface area contributed by atoms with Gasteiger partial charge in [0, 0.05) is 19.6 Å². The van der Waals surface area contributed by atoms with Crippen LogP contribution in [0.3, 0.4) is 0 Å². The largest absolute Gasteiger partial charge is 0.381 e. The molecule has 0 saturated heterocycles. The summed E-state index contributed by atoms with van der Waals surface area (Å²) in [6.07, 6.45) is 2.07. The highest BCUT2D eigenvalue weighted by atomic mass is 16.5. The second kappa shape index (κ2) is 10.2. The summed E-state index contributed by atoms with van der Waals surface area (Å²) in [4.78, 5) is 11.8. The van der Waals surface area contributed by atoms with E-state index in [2.05, 4.69) is 23.5 Å². The molecule has 4 heteroatoms. The van der Waals surface area contributed by atoms with Gasteiger partial charge in [-0.05, 0) is 36.1 Å². The van der Waals surface area contributed by atoms with E-state index >= 15 is 0 Å². The zero-order valence-corrected chi connectivity index (χ0v) is 13.7. The second-order valence-electron chi connectivity index (χ2n) is 5.54. The number of rotatable bonds is 9. The van der Waals surface area contributed by atoms with Gasteiger partial charge in [0.05, 0.1) is 18.2 Å². The summed E-state index contributed by atoms with van der Waals surface area (Å²) in [5.74, 6) is 0.0195. The van der Waals surface area contributed by atoms with Crippen molar-refractivity contribution in [3.63, 3.8) is 0 Å². The first-order chi connectivity index (χ1) is 11.8. The molecule has 124 valence electrons. The van der Waals surface area contributed by atoms with E-state index in [9.17, 15) is 4.79 Å². The molecule has 2 rings (SSSR count). The van der Waals surface area contributed by atoms with E-state index < -0.39 is 0 Å². The fourth-order valence-electron chi connectivity index (χ4n) is 2.26. The maximum absolute atomic E-state index is 11.8. The van der Waals surface area contributed by atoms with Crippen molar-refractivity contribution in [2.45, 2.75) is 25.8 Å². The normalized spacial score (nSPS) is 10.1. The van der Waals surface area contributed by atoms with Gasteiger partial charge in [0.2, 0.25) is 5.91 Å². The number of nitriles is 1. The van der Waals surface area contributed by atoms with E-state index in [1.165, 1.54) is 5.56 Å². The van der Waals surface area contributed by atoms with Gasteiger partial charge in [0.15, 0.2) is 0 Å². The standard InChI is InChI=1S/C20H22N2O2/c21-15-18-8-10-19(11-9-18)16-22-20(23)7-4-13-24-14-12-17-5-2-1-3-6-17/h1-3,5-6,8-11H,4,7,12-14,16H2,(H,22,23). The van der Waals surface area contributed by atoms with Crippen molar-refractivity contribution in [1.82, 2.24) is 5.32 Å². The van der Waals surface area contributed by atoms with Crippen LogP contribution in [0.15, 0.2) is 54.6 Å². The van der Waals surface area contributed by atoms with Crippen molar-refractivity contribution in [2.75, 3.05) is 13.2 Å². The van der Waals surface area contributed by atoms with Crippen LogP contribution in [-0.4, -0.2) is 19.1 Å². The van der Waals surface area contributed by atoms with Gasteiger partial charge in [-0.1, -0.05) is 42.5 Å². The Morgan fingerprint density at radius 1 is 1.00 bits per heavy atom. The van der Waals surface area contributed by atoms with Gasteiger partial charge in [0.1, 0.15) is 0 Å². The molecule has 2 aromatic carbocycles. The van der Waals surface area contributed by atoms with E-state index in [0.29, 0.717) is 38.2 Å². The van der Waals surface area contributed by atoms with Crippen LogP contribution < -0.4 is 5.32 Å². The molecule has 2 aromatic rings. The Balaban J connectivity index is 1.52.